The molecule has 1 fully saturated rings. The summed E-state index contributed by atoms with van der Waals surface area (Å²) in [5.41, 5.74) is 2.83. The van der Waals surface area contributed by atoms with Crippen molar-refractivity contribution in [1.82, 2.24) is 4.98 Å². The van der Waals surface area contributed by atoms with Crippen molar-refractivity contribution in [3.05, 3.63) is 23.4 Å². The van der Waals surface area contributed by atoms with Gasteiger partial charge in [0.25, 0.3) is 0 Å². The number of aromatic nitrogens is 1. The highest BCUT2D eigenvalue weighted by Crippen LogP contribution is 2.33. The van der Waals surface area contributed by atoms with Gasteiger partial charge in [0.1, 0.15) is 5.82 Å². The van der Waals surface area contributed by atoms with Gasteiger partial charge < -0.3 is 4.90 Å². The van der Waals surface area contributed by atoms with Crippen LogP contribution in [-0.4, -0.2) is 18.1 Å². The highest BCUT2D eigenvalue weighted by molar-refractivity contribution is 6.17. The minimum atomic E-state index is 0.0614. The molecule has 0 bridgehead atoms. The highest BCUT2D eigenvalue weighted by atomic mass is 35.5. The summed E-state index contributed by atoms with van der Waals surface area (Å²) in [7, 11) is 0. The number of alkyl halides is 1. The van der Waals surface area contributed by atoms with Crippen molar-refractivity contribution < 1.29 is 0 Å². The standard InChI is InChI=1S/C17H27ClN2/c1-16(2,3)14-10-13(12-18)11-15(19-14)20-8-6-17(4,5)7-9-20/h10-11H,6-9,12H2,1-5H3. The number of rotatable bonds is 2. The number of anilines is 1. The summed E-state index contributed by atoms with van der Waals surface area (Å²) in [5, 5.41) is 0. The lowest BCUT2D eigenvalue weighted by Gasteiger charge is -2.38. The van der Waals surface area contributed by atoms with E-state index < -0.39 is 0 Å². The van der Waals surface area contributed by atoms with E-state index in [9.17, 15) is 0 Å². The van der Waals surface area contributed by atoms with E-state index in [1.165, 1.54) is 18.4 Å². The molecule has 0 aliphatic carbocycles. The monoisotopic (exact) mass is 294 g/mol. The SMILES string of the molecule is CC1(C)CCN(c2cc(CCl)cc(C(C)(C)C)n2)CC1. The van der Waals surface area contributed by atoms with Gasteiger partial charge in [-0.05, 0) is 36.0 Å². The molecule has 0 saturated carbocycles. The van der Waals surface area contributed by atoms with Crippen molar-refractivity contribution in [1.29, 1.82) is 0 Å². The summed E-state index contributed by atoms with van der Waals surface area (Å²) >= 11 is 6.06. The molecule has 2 nitrogen and oxygen atoms in total. The topological polar surface area (TPSA) is 16.1 Å². The fourth-order valence-corrected chi connectivity index (χ4v) is 2.69. The van der Waals surface area contributed by atoms with Crippen LogP contribution >= 0.6 is 11.6 Å². The van der Waals surface area contributed by atoms with Crippen molar-refractivity contribution in [2.45, 2.75) is 58.8 Å². The molecule has 3 heteroatoms. The van der Waals surface area contributed by atoms with Gasteiger partial charge in [-0.2, -0.15) is 0 Å². The van der Waals surface area contributed by atoms with Crippen LogP contribution in [0.5, 0.6) is 0 Å². The summed E-state index contributed by atoms with van der Waals surface area (Å²) in [6.07, 6.45) is 2.45. The molecule has 1 aromatic heterocycles. The van der Waals surface area contributed by atoms with Crippen LogP contribution in [0.15, 0.2) is 12.1 Å². The van der Waals surface area contributed by atoms with Gasteiger partial charge in [0, 0.05) is 30.1 Å². The molecule has 1 aliphatic rings. The lowest BCUT2D eigenvalue weighted by atomic mass is 9.82. The number of halogens is 1. The molecule has 0 atom stereocenters. The first-order valence-electron chi connectivity index (χ1n) is 7.54. The zero-order valence-electron chi connectivity index (χ0n) is 13.5. The smallest absolute Gasteiger partial charge is 0.129 e. The molecule has 1 saturated heterocycles. The Hall–Kier alpha value is -0.760. The zero-order valence-corrected chi connectivity index (χ0v) is 14.2. The first-order chi connectivity index (χ1) is 9.21. The Morgan fingerprint density at radius 1 is 1.20 bits per heavy atom. The van der Waals surface area contributed by atoms with Gasteiger partial charge in [0.05, 0.1) is 0 Å². The van der Waals surface area contributed by atoms with Gasteiger partial charge in [-0.25, -0.2) is 4.98 Å². The van der Waals surface area contributed by atoms with Crippen molar-refractivity contribution in [3.63, 3.8) is 0 Å². The Bertz CT molecular complexity index is 464. The van der Waals surface area contributed by atoms with Gasteiger partial charge in [-0.15, -0.1) is 11.6 Å². The molecule has 0 spiro atoms. The van der Waals surface area contributed by atoms with Crippen LogP contribution in [-0.2, 0) is 11.3 Å². The Labute approximate surface area is 128 Å². The quantitative estimate of drug-likeness (QED) is 0.732. The van der Waals surface area contributed by atoms with Crippen LogP contribution in [0, 0.1) is 5.41 Å². The third-order valence-corrected chi connectivity index (χ3v) is 4.54. The summed E-state index contributed by atoms with van der Waals surface area (Å²) in [6, 6.07) is 4.30. The fraction of sp³-hybridized carbons (Fsp3) is 0.706. The van der Waals surface area contributed by atoms with Gasteiger partial charge >= 0.3 is 0 Å². The molecule has 1 aliphatic heterocycles. The Morgan fingerprint density at radius 2 is 1.80 bits per heavy atom. The minimum absolute atomic E-state index is 0.0614. The minimum Gasteiger partial charge on any atom is -0.357 e. The first kappa shape index (κ1) is 15.6. The van der Waals surface area contributed by atoms with Crippen LogP contribution in [0.3, 0.4) is 0 Å². The second kappa shape index (κ2) is 5.55. The Morgan fingerprint density at radius 3 is 2.30 bits per heavy atom. The molecule has 0 amide bonds. The van der Waals surface area contributed by atoms with Crippen molar-refractivity contribution in [3.8, 4) is 0 Å². The normalized spacial score (nSPS) is 19.2. The van der Waals surface area contributed by atoms with Crippen molar-refractivity contribution in [2.75, 3.05) is 18.0 Å². The van der Waals surface area contributed by atoms with Gasteiger partial charge in [0.2, 0.25) is 0 Å². The van der Waals surface area contributed by atoms with Gasteiger partial charge in [-0.3, -0.25) is 0 Å². The molecular weight excluding hydrogens is 268 g/mol. The molecule has 2 heterocycles. The van der Waals surface area contributed by atoms with E-state index in [1.54, 1.807) is 0 Å². The third-order valence-electron chi connectivity index (χ3n) is 4.24. The van der Waals surface area contributed by atoms with Gasteiger partial charge in [0.15, 0.2) is 0 Å². The summed E-state index contributed by atoms with van der Waals surface area (Å²) in [4.78, 5) is 7.30. The maximum absolute atomic E-state index is 6.06. The Balaban J connectivity index is 2.28. The van der Waals surface area contributed by atoms with Crippen LogP contribution in [0.1, 0.15) is 58.7 Å². The van der Waals surface area contributed by atoms with Gasteiger partial charge in [-0.1, -0.05) is 34.6 Å². The number of nitrogens with zero attached hydrogens (tertiary/aromatic N) is 2. The molecule has 0 unspecified atom stereocenters. The number of pyridine rings is 1. The Kier molecular flexibility index (Phi) is 4.34. The highest BCUT2D eigenvalue weighted by Gasteiger charge is 2.27. The van der Waals surface area contributed by atoms with Crippen molar-refractivity contribution in [2.24, 2.45) is 5.41 Å². The molecule has 20 heavy (non-hydrogen) atoms. The summed E-state index contributed by atoms with van der Waals surface area (Å²) in [6.45, 7) is 13.5. The van der Waals surface area contributed by atoms with E-state index in [2.05, 4.69) is 51.7 Å². The largest absolute Gasteiger partial charge is 0.357 e. The van der Waals surface area contributed by atoms with E-state index in [1.807, 2.05) is 0 Å². The fourth-order valence-electron chi connectivity index (χ4n) is 2.54. The third kappa shape index (κ3) is 3.66. The van der Waals surface area contributed by atoms with Crippen LogP contribution in [0.4, 0.5) is 5.82 Å². The molecule has 0 radical (unpaired) electrons. The van der Waals surface area contributed by atoms with Crippen molar-refractivity contribution >= 4 is 17.4 Å². The molecule has 1 aromatic rings. The molecule has 0 N–H and O–H groups in total. The first-order valence-corrected chi connectivity index (χ1v) is 8.07. The summed E-state index contributed by atoms with van der Waals surface area (Å²) in [5.74, 6) is 1.65. The molecule has 0 aromatic carbocycles. The van der Waals surface area contributed by atoms with E-state index in [0.717, 1.165) is 24.6 Å². The number of hydrogen-bond donors (Lipinski definition) is 0. The lowest BCUT2D eigenvalue weighted by Crippen LogP contribution is -2.38. The lowest BCUT2D eigenvalue weighted by molar-refractivity contribution is 0.279. The average molecular weight is 295 g/mol. The predicted molar refractivity (Wildman–Crippen MR) is 87.7 cm³/mol. The second-order valence-electron chi connectivity index (χ2n) is 7.75. The molecule has 2 rings (SSSR count). The summed E-state index contributed by atoms with van der Waals surface area (Å²) < 4.78 is 0. The van der Waals surface area contributed by atoms with E-state index in [-0.39, 0.29) is 5.41 Å². The predicted octanol–water partition coefficient (Wildman–Crippen LogP) is 4.74. The van der Waals surface area contributed by atoms with Crippen LogP contribution < -0.4 is 4.90 Å². The number of hydrogen-bond acceptors (Lipinski definition) is 2. The number of piperidine rings is 1. The maximum Gasteiger partial charge on any atom is 0.129 e. The van der Waals surface area contributed by atoms with Crippen LogP contribution in [0.25, 0.3) is 0 Å². The van der Waals surface area contributed by atoms with E-state index >= 15 is 0 Å². The molecule has 112 valence electrons. The second-order valence-corrected chi connectivity index (χ2v) is 8.02. The average Bonchev–Trinajstić information content (AvgIpc) is 2.37. The maximum atomic E-state index is 6.06. The molecular formula is C17H27ClN2. The van der Waals surface area contributed by atoms with E-state index in [4.69, 9.17) is 16.6 Å². The van der Waals surface area contributed by atoms with Crippen LogP contribution in [0.2, 0.25) is 0 Å². The zero-order chi connectivity index (χ0) is 15.0. The van der Waals surface area contributed by atoms with E-state index in [0.29, 0.717) is 11.3 Å².